The van der Waals surface area contributed by atoms with Crippen molar-refractivity contribution in [3.63, 3.8) is 0 Å². The van der Waals surface area contributed by atoms with Crippen LogP contribution in [-0.4, -0.2) is 30.2 Å². The van der Waals surface area contributed by atoms with Gasteiger partial charge in [-0.25, -0.2) is 0 Å². The Bertz CT molecular complexity index is 662. The highest BCUT2D eigenvalue weighted by atomic mass is 32.2. The first-order chi connectivity index (χ1) is 12.1. The van der Waals surface area contributed by atoms with Gasteiger partial charge in [-0.3, -0.25) is 9.59 Å². The van der Waals surface area contributed by atoms with Crippen molar-refractivity contribution in [3.8, 4) is 0 Å². The molecule has 2 N–H and O–H groups in total. The standard InChI is InChI=1S/C20H24N2O2S/c1-16(22-20(24)17-9-4-2-5-10-17)15-19(23)21-13-8-14-25-18-11-6-3-7-12-18/h2-7,9-12,16H,8,13-15H2,1H3,(H,21,23)(H,22,24). The van der Waals surface area contributed by atoms with Crippen molar-refractivity contribution in [3.05, 3.63) is 66.2 Å². The molecule has 4 nitrogen and oxygen atoms in total. The third-order valence-corrected chi connectivity index (χ3v) is 4.66. The third kappa shape index (κ3) is 7.44. The lowest BCUT2D eigenvalue weighted by Gasteiger charge is -2.14. The molecular formula is C20H24N2O2S. The first kappa shape index (κ1) is 19.1. The maximum absolute atomic E-state index is 12.0. The van der Waals surface area contributed by atoms with Gasteiger partial charge in [0.15, 0.2) is 0 Å². The maximum atomic E-state index is 12.0. The van der Waals surface area contributed by atoms with Gasteiger partial charge in [0.1, 0.15) is 0 Å². The van der Waals surface area contributed by atoms with Crippen LogP contribution in [0.25, 0.3) is 0 Å². The van der Waals surface area contributed by atoms with E-state index in [2.05, 4.69) is 22.8 Å². The molecule has 0 spiro atoms. The van der Waals surface area contributed by atoms with Gasteiger partial charge >= 0.3 is 0 Å². The van der Waals surface area contributed by atoms with Crippen molar-refractivity contribution in [1.82, 2.24) is 10.6 Å². The predicted molar refractivity (Wildman–Crippen MR) is 103 cm³/mol. The summed E-state index contributed by atoms with van der Waals surface area (Å²) in [5.74, 6) is 0.774. The minimum Gasteiger partial charge on any atom is -0.356 e. The second-order valence-corrected chi connectivity index (χ2v) is 6.98. The number of nitrogens with one attached hydrogen (secondary N) is 2. The molecule has 1 unspecified atom stereocenters. The largest absolute Gasteiger partial charge is 0.356 e. The van der Waals surface area contributed by atoms with Crippen LogP contribution in [0.5, 0.6) is 0 Å². The molecule has 0 saturated heterocycles. The van der Waals surface area contributed by atoms with E-state index in [1.54, 1.807) is 23.9 Å². The molecule has 2 aromatic rings. The average molecular weight is 356 g/mol. The highest BCUT2D eigenvalue weighted by molar-refractivity contribution is 7.99. The number of hydrogen-bond acceptors (Lipinski definition) is 3. The fraction of sp³-hybridized carbons (Fsp3) is 0.300. The fourth-order valence-corrected chi connectivity index (χ4v) is 3.18. The smallest absolute Gasteiger partial charge is 0.251 e. The Morgan fingerprint density at radius 2 is 1.64 bits per heavy atom. The number of carbonyl (C=O) groups is 2. The molecule has 2 aromatic carbocycles. The van der Waals surface area contributed by atoms with Crippen LogP contribution in [0.2, 0.25) is 0 Å². The Morgan fingerprint density at radius 1 is 1.00 bits per heavy atom. The van der Waals surface area contributed by atoms with E-state index < -0.39 is 0 Å². The van der Waals surface area contributed by atoms with Gasteiger partial charge in [0.05, 0.1) is 0 Å². The number of hydrogen-bond donors (Lipinski definition) is 2. The summed E-state index contributed by atoms with van der Waals surface area (Å²) in [5.41, 5.74) is 0.604. The van der Waals surface area contributed by atoms with Gasteiger partial charge < -0.3 is 10.6 Å². The summed E-state index contributed by atoms with van der Waals surface area (Å²) in [7, 11) is 0. The second kappa shape index (κ2) is 10.6. The zero-order valence-corrected chi connectivity index (χ0v) is 15.2. The van der Waals surface area contributed by atoms with Gasteiger partial charge in [0.2, 0.25) is 5.91 Å². The van der Waals surface area contributed by atoms with Gasteiger partial charge in [-0.1, -0.05) is 36.4 Å². The van der Waals surface area contributed by atoms with Crippen molar-refractivity contribution in [2.75, 3.05) is 12.3 Å². The van der Waals surface area contributed by atoms with Gasteiger partial charge in [-0.15, -0.1) is 11.8 Å². The molecule has 132 valence electrons. The van der Waals surface area contributed by atoms with E-state index in [4.69, 9.17) is 0 Å². The molecule has 5 heteroatoms. The Morgan fingerprint density at radius 3 is 2.32 bits per heavy atom. The summed E-state index contributed by atoms with van der Waals surface area (Å²) in [6.07, 6.45) is 1.19. The van der Waals surface area contributed by atoms with Crippen LogP contribution in [0.3, 0.4) is 0 Å². The molecule has 0 fully saturated rings. The lowest BCUT2D eigenvalue weighted by Crippen LogP contribution is -2.37. The number of thioether (sulfide) groups is 1. The summed E-state index contributed by atoms with van der Waals surface area (Å²) in [6.45, 7) is 2.49. The van der Waals surface area contributed by atoms with Crippen LogP contribution in [0.4, 0.5) is 0 Å². The van der Waals surface area contributed by atoms with Crippen molar-refractivity contribution in [2.45, 2.75) is 30.7 Å². The van der Waals surface area contributed by atoms with Crippen molar-refractivity contribution < 1.29 is 9.59 Å². The molecule has 0 aromatic heterocycles. The van der Waals surface area contributed by atoms with Crippen LogP contribution < -0.4 is 10.6 Å². The summed E-state index contributed by atoms with van der Waals surface area (Å²) >= 11 is 1.78. The van der Waals surface area contributed by atoms with E-state index in [1.165, 1.54) is 4.90 Å². The Labute approximate surface area is 153 Å². The molecule has 0 aliphatic rings. The third-order valence-electron chi connectivity index (χ3n) is 3.56. The van der Waals surface area contributed by atoms with Gasteiger partial charge in [-0.2, -0.15) is 0 Å². The first-order valence-electron chi connectivity index (χ1n) is 8.45. The van der Waals surface area contributed by atoms with E-state index in [1.807, 2.05) is 43.3 Å². The molecule has 0 radical (unpaired) electrons. The lowest BCUT2D eigenvalue weighted by molar-refractivity contribution is -0.121. The molecule has 0 aliphatic carbocycles. The van der Waals surface area contributed by atoms with Gasteiger partial charge in [-0.05, 0) is 43.4 Å². The number of carbonyl (C=O) groups excluding carboxylic acids is 2. The summed E-state index contributed by atoms with van der Waals surface area (Å²) in [4.78, 5) is 25.2. The molecule has 1 atom stereocenters. The van der Waals surface area contributed by atoms with E-state index in [0.29, 0.717) is 12.1 Å². The number of amides is 2. The summed E-state index contributed by atoms with van der Waals surface area (Å²) in [5, 5.41) is 5.76. The quantitative estimate of drug-likeness (QED) is 0.534. The predicted octanol–water partition coefficient (Wildman–Crippen LogP) is 3.49. The van der Waals surface area contributed by atoms with Gasteiger partial charge in [0, 0.05) is 29.5 Å². The monoisotopic (exact) mass is 356 g/mol. The van der Waals surface area contributed by atoms with E-state index >= 15 is 0 Å². The van der Waals surface area contributed by atoms with Crippen molar-refractivity contribution in [1.29, 1.82) is 0 Å². The first-order valence-corrected chi connectivity index (χ1v) is 9.44. The molecule has 2 rings (SSSR count). The highest BCUT2D eigenvalue weighted by Gasteiger charge is 2.12. The molecule has 2 amide bonds. The highest BCUT2D eigenvalue weighted by Crippen LogP contribution is 2.17. The van der Waals surface area contributed by atoms with Gasteiger partial charge in [0.25, 0.3) is 5.91 Å². The van der Waals surface area contributed by atoms with Crippen LogP contribution in [0.1, 0.15) is 30.1 Å². The van der Waals surface area contributed by atoms with Crippen LogP contribution in [-0.2, 0) is 4.79 Å². The molecule has 0 aliphatic heterocycles. The minimum atomic E-state index is -0.202. The van der Waals surface area contributed by atoms with E-state index in [9.17, 15) is 9.59 Å². The molecule has 25 heavy (non-hydrogen) atoms. The van der Waals surface area contributed by atoms with Crippen LogP contribution in [0, 0.1) is 0 Å². The summed E-state index contributed by atoms with van der Waals surface area (Å²) in [6, 6.07) is 19.0. The number of benzene rings is 2. The Balaban J connectivity index is 1.59. The molecule has 0 heterocycles. The zero-order valence-electron chi connectivity index (χ0n) is 14.4. The second-order valence-electron chi connectivity index (χ2n) is 5.81. The average Bonchev–Trinajstić information content (AvgIpc) is 2.63. The van der Waals surface area contributed by atoms with Crippen LogP contribution in [0.15, 0.2) is 65.6 Å². The van der Waals surface area contributed by atoms with Crippen LogP contribution >= 0.6 is 11.8 Å². The Hall–Kier alpha value is -2.27. The molecule has 0 bridgehead atoms. The maximum Gasteiger partial charge on any atom is 0.251 e. The molecular weight excluding hydrogens is 332 g/mol. The summed E-state index contributed by atoms with van der Waals surface area (Å²) < 4.78 is 0. The zero-order chi connectivity index (χ0) is 17.9. The van der Waals surface area contributed by atoms with Crippen molar-refractivity contribution >= 4 is 23.6 Å². The normalized spacial score (nSPS) is 11.6. The van der Waals surface area contributed by atoms with Crippen molar-refractivity contribution in [2.24, 2.45) is 0 Å². The topological polar surface area (TPSA) is 58.2 Å². The van der Waals surface area contributed by atoms with E-state index in [0.717, 1.165) is 12.2 Å². The minimum absolute atomic E-state index is 0.0365. The number of rotatable bonds is 9. The lowest BCUT2D eigenvalue weighted by atomic mass is 10.1. The fourth-order valence-electron chi connectivity index (χ4n) is 2.30. The SMILES string of the molecule is CC(CC(=O)NCCCSc1ccccc1)NC(=O)c1ccccc1. The Kier molecular flexibility index (Phi) is 8.05. The van der Waals surface area contributed by atoms with E-state index in [-0.39, 0.29) is 24.3 Å². The molecule has 0 saturated carbocycles.